The second-order valence-corrected chi connectivity index (χ2v) is 7.12. The highest BCUT2D eigenvalue weighted by Gasteiger charge is 2.34. The minimum absolute atomic E-state index is 0.0313. The number of amides is 1. The molecule has 1 fully saturated rings. The lowest BCUT2D eigenvalue weighted by molar-refractivity contribution is 0.0455. The smallest absolute Gasteiger partial charge is 0.267 e. The third kappa shape index (κ3) is 2.88. The van der Waals surface area contributed by atoms with Gasteiger partial charge in [-0.1, -0.05) is 5.16 Å². The highest BCUT2D eigenvalue weighted by atomic mass is 16.5. The fourth-order valence-electron chi connectivity index (χ4n) is 3.77. The Labute approximate surface area is 145 Å². The van der Waals surface area contributed by atoms with Crippen LogP contribution in [0.15, 0.2) is 15.4 Å². The Morgan fingerprint density at radius 1 is 1.28 bits per heavy atom. The Kier molecular flexibility index (Phi) is 3.94. The highest BCUT2D eigenvalue weighted by Crippen LogP contribution is 2.23. The van der Waals surface area contributed by atoms with Crippen LogP contribution in [0.25, 0.3) is 0 Å². The number of rotatable bonds is 3. The topological polar surface area (TPSA) is 81.2 Å². The number of hydrogen-bond donors (Lipinski definition) is 0. The molecule has 7 heteroatoms. The summed E-state index contributed by atoms with van der Waals surface area (Å²) in [5.74, 6) is 0.771. The third-order valence-electron chi connectivity index (χ3n) is 5.20. The van der Waals surface area contributed by atoms with E-state index in [-0.39, 0.29) is 17.4 Å². The Bertz CT molecular complexity index is 857. The first kappa shape index (κ1) is 16.1. The lowest BCUT2D eigenvalue weighted by Gasteiger charge is -2.39. The van der Waals surface area contributed by atoms with Crippen LogP contribution < -0.4 is 5.56 Å². The van der Waals surface area contributed by atoms with E-state index >= 15 is 0 Å². The summed E-state index contributed by atoms with van der Waals surface area (Å²) in [6.45, 7) is 5.36. The van der Waals surface area contributed by atoms with E-state index in [2.05, 4.69) is 10.3 Å². The minimum Gasteiger partial charge on any atom is -0.361 e. The zero-order valence-electron chi connectivity index (χ0n) is 14.6. The molecule has 0 bridgehead atoms. The van der Waals surface area contributed by atoms with Gasteiger partial charge in [0.2, 0.25) is 0 Å². The van der Waals surface area contributed by atoms with Gasteiger partial charge in [-0.2, -0.15) is 5.10 Å². The van der Waals surface area contributed by atoms with Crippen LogP contribution >= 0.6 is 0 Å². The first-order chi connectivity index (χ1) is 12.0. The van der Waals surface area contributed by atoms with Crippen molar-refractivity contribution in [1.29, 1.82) is 0 Å². The Hall–Kier alpha value is -2.44. The van der Waals surface area contributed by atoms with Gasteiger partial charge in [0, 0.05) is 25.1 Å². The molecule has 0 saturated carbocycles. The van der Waals surface area contributed by atoms with Crippen LogP contribution in [0.2, 0.25) is 0 Å². The molecule has 4 rings (SSSR count). The molecule has 0 atom stereocenters. The van der Waals surface area contributed by atoms with Crippen molar-refractivity contribution < 1.29 is 9.32 Å². The molecule has 0 N–H and O–H groups in total. The molecule has 2 aliphatic rings. The van der Waals surface area contributed by atoms with Crippen LogP contribution in [0.4, 0.5) is 0 Å². The zero-order chi connectivity index (χ0) is 17.6. The predicted octanol–water partition coefficient (Wildman–Crippen LogP) is 1.50. The van der Waals surface area contributed by atoms with Gasteiger partial charge in [-0.3, -0.25) is 9.59 Å². The molecule has 1 amide bonds. The van der Waals surface area contributed by atoms with Crippen molar-refractivity contribution >= 4 is 5.91 Å². The number of carbonyl (C=O) groups excluding carboxylic acids is 1. The first-order valence-electron chi connectivity index (χ1n) is 8.85. The molecule has 3 heterocycles. The molecule has 7 nitrogen and oxygen atoms in total. The zero-order valence-corrected chi connectivity index (χ0v) is 14.6. The van der Waals surface area contributed by atoms with Crippen molar-refractivity contribution in [2.24, 2.45) is 5.92 Å². The minimum atomic E-state index is -0.0433. The summed E-state index contributed by atoms with van der Waals surface area (Å²) < 4.78 is 6.65. The first-order valence-corrected chi connectivity index (χ1v) is 8.85. The van der Waals surface area contributed by atoms with Gasteiger partial charge in [0.25, 0.3) is 11.5 Å². The summed E-state index contributed by atoms with van der Waals surface area (Å²) in [7, 11) is 0. The van der Waals surface area contributed by atoms with Gasteiger partial charge in [0.05, 0.1) is 17.9 Å². The van der Waals surface area contributed by atoms with Crippen LogP contribution in [0.5, 0.6) is 0 Å². The number of carbonyl (C=O) groups is 1. The van der Waals surface area contributed by atoms with Crippen molar-refractivity contribution in [3.05, 3.63) is 44.7 Å². The van der Waals surface area contributed by atoms with Crippen LogP contribution in [-0.2, 0) is 19.4 Å². The van der Waals surface area contributed by atoms with E-state index in [0.717, 1.165) is 36.9 Å². The standard InChI is InChI=1S/C18H22N4O3/c1-11-17(12(2)25-20-11)18(24)21-8-13(9-21)10-22-16(23)7-14-5-3-4-6-15(14)19-22/h7,13H,3-6,8-10H2,1-2H3. The molecule has 0 aromatic carbocycles. The Morgan fingerprint density at radius 3 is 2.76 bits per heavy atom. The summed E-state index contributed by atoms with van der Waals surface area (Å²) in [5.41, 5.74) is 3.32. The van der Waals surface area contributed by atoms with Gasteiger partial charge in [0.1, 0.15) is 11.3 Å². The SMILES string of the molecule is Cc1noc(C)c1C(=O)N1CC(Cn2nc3c(cc2=O)CCCC3)C1. The fourth-order valence-corrected chi connectivity index (χ4v) is 3.77. The van der Waals surface area contributed by atoms with E-state index in [1.807, 2.05) is 0 Å². The van der Waals surface area contributed by atoms with Crippen molar-refractivity contribution in [3.63, 3.8) is 0 Å². The summed E-state index contributed by atoms with van der Waals surface area (Å²) >= 11 is 0. The number of likely N-dealkylation sites (tertiary alicyclic amines) is 1. The molecular formula is C18H22N4O3. The van der Waals surface area contributed by atoms with E-state index in [1.54, 1.807) is 29.5 Å². The normalized spacial score (nSPS) is 17.3. The quantitative estimate of drug-likeness (QED) is 0.844. The second kappa shape index (κ2) is 6.13. The third-order valence-corrected chi connectivity index (χ3v) is 5.20. The Morgan fingerprint density at radius 2 is 2.04 bits per heavy atom. The van der Waals surface area contributed by atoms with Crippen molar-refractivity contribution in [1.82, 2.24) is 19.8 Å². The maximum atomic E-state index is 12.5. The molecule has 132 valence electrons. The summed E-state index contributed by atoms with van der Waals surface area (Å²) in [4.78, 5) is 26.6. The van der Waals surface area contributed by atoms with Gasteiger partial charge in [-0.25, -0.2) is 4.68 Å². The largest absolute Gasteiger partial charge is 0.361 e. The average molecular weight is 342 g/mol. The van der Waals surface area contributed by atoms with Crippen LogP contribution in [0, 0.1) is 19.8 Å². The average Bonchev–Trinajstić information content (AvgIpc) is 2.89. The molecule has 1 aliphatic carbocycles. The molecule has 0 radical (unpaired) electrons. The lowest BCUT2D eigenvalue weighted by Crippen LogP contribution is -2.52. The predicted molar refractivity (Wildman–Crippen MR) is 90.5 cm³/mol. The molecule has 0 unspecified atom stereocenters. The lowest BCUT2D eigenvalue weighted by atomic mass is 9.96. The number of fused-ring (bicyclic) bond motifs is 1. The summed E-state index contributed by atoms with van der Waals surface area (Å²) in [6.07, 6.45) is 4.19. The molecule has 1 saturated heterocycles. The van der Waals surface area contributed by atoms with E-state index < -0.39 is 0 Å². The van der Waals surface area contributed by atoms with Gasteiger partial charge in [-0.15, -0.1) is 0 Å². The van der Waals surface area contributed by atoms with Crippen molar-refractivity contribution in [2.45, 2.75) is 46.1 Å². The van der Waals surface area contributed by atoms with Crippen LogP contribution in [-0.4, -0.2) is 38.8 Å². The maximum Gasteiger partial charge on any atom is 0.267 e. The molecule has 2 aromatic heterocycles. The number of aryl methyl sites for hydroxylation is 4. The summed E-state index contributed by atoms with van der Waals surface area (Å²) in [6, 6.07) is 1.74. The van der Waals surface area contributed by atoms with E-state index in [4.69, 9.17) is 4.52 Å². The number of nitrogens with zero attached hydrogens (tertiary/aromatic N) is 4. The number of aromatic nitrogens is 3. The number of hydrogen-bond acceptors (Lipinski definition) is 5. The molecule has 25 heavy (non-hydrogen) atoms. The van der Waals surface area contributed by atoms with Gasteiger partial charge in [0.15, 0.2) is 0 Å². The monoisotopic (exact) mass is 342 g/mol. The molecule has 0 spiro atoms. The molecular weight excluding hydrogens is 320 g/mol. The second-order valence-electron chi connectivity index (χ2n) is 7.12. The van der Waals surface area contributed by atoms with E-state index in [0.29, 0.717) is 36.7 Å². The molecule has 1 aliphatic heterocycles. The van der Waals surface area contributed by atoms with Crippen LogP contribution in [0.1, 0.15) is 45.9 Å². The van der Waals surface area contributed by atoms with Crippen molar-refractivity contribution in [2.75, 3.05) is 13.1 Å². The maximum absolute atomic E-state index is 12.5. The fraction of sp³-hybridized carbons (Fsp3) is 0.556. The Balaban J connectivity index is 1.42. The molecule has 2 aromatic rings. The van der Waals surface area contributed by atoms with Crippen molar-refractivity contribution in [3.8, 4) is 0 Å². The van der Waals surface area contributed by atoms with E-state index in [9.17, 15) is 9.59 Å². The highest BCUT2D eigenvalue weighted by molar-refractivity contribution is 5.96. The van der Waals surface area contributed by atoms with E-state index in [1.165, 1.54) is 0 Å². The van der Waals surface area contributed by atoms with Gasteiger partial charge in [-0.05, 0) is 45.1 Å². The van der Waals surface area contributed by atoms with Crippen LogP contribution in [0.3, 0.4) is 0 Å². The summed E-state index contributed by atoms with van der Waals surface area (Å²) in [5, 5.41) is 8.40. The van der Waals surface area contributed by atoms with Gasteiger partial charge >= 0.3 is 0 Å². The van der Waals surface area contributed by atoms with Gasteiger partial charge < -0.3 is 9.42 Å².